The van der Waals surface area contributed by atoms with Crippen LogP contribution >= 0.6 is 11.6 Å². The highest BCUT2D eigenvalue weighted by atomic mass is 35.5. The number of fused-ring (bicyclic) bond motifs is 12. The summed E-state index contributed by atoms with van der Waals surface area (Å²) in [5, 5.41) is 15.3. The van der Waals surface area contributed by atoms with Crippen molar-refractivity contribution in [1.82, 2.24) is 0 Å². The predicted molar refractivity (Wildman–Crippen MR) is 339 cm³/mol. The van der Waals surface area contributed by atoms with Crippen LogP contribution in [0.2, 0.25) is 5.02 Å². The molecule has 0 bridgehead atoms. The van der Waals surface area contributed by atoms with Crippen LogP contribution in [0.3, 0.4) is 0 Å². The summed E-state index contributed by atoms with van der Waals surface area (Å²) in [4.78, 5) is 2.29. The van der Waals surface area contributed by atoms with E-state index in [-0.39, 0.29) is 0 Å². The maximum absolute atomic E-state index is 6.38. The molecule has 0 unspecified atom stereocenters. The monoisotopic (exact) mass is 1040 g/mol. The first-order chi connectivity index (χ1) is 39.6. The number of halogens is 1. The van der Waals surface area contributed by atoms with Crippen molar-refractivity contribution in [2.24, 2.45) is 0 Å². The SMILES string of the molecule is Clc1ccc(-c2cc3ccccc3c3cccc(-c4ccccc4)c23)cc1.c1ccc(-c2cccc3c2c(-c2ccc(N(c4ccc5c(c4)oc4ccccc45)c4ccc5c(c4)oc4ccccc45)cc2)cc2ccccc23)cc1. The average Bonchev–Trinajstić information content (AvgIpc) is 4.21. The lowest BCUT2D eigenvalue weighted by molar-refractivity contribution is 0.669. The number of furan rings is 2. The number of hydrogen-bond acceptors (Lipinski definition) is 3. The Balaban J connectivity index is 0.000000171. The van der Waals surface area contributed by atoms with Gasteiger partial charge in [-0.05, 0) is 160 Å². The van der Waals surface area contributed by atoms with Crippen molar-refractivity contribution in [2.75, 3.05) is 4.90 Å². The van der Waals surface area contributed by atoms with E-state index < -0.39 is 0 Å². The number of benzene rings is 14. The van der Waals surface area contributed by atoms with Gasteiger partial charge >= 0.3 is 0 Å². The first kappa shape index (κ1) is 47.1. The Hall–Kier alpha value is -10.2. The number of nitrogens with zero attached hydrogens (tertiary/aromatic N) is 1. The fraction of sp³-hybridized carbons (Fsp3) is 0. The van der Waals surface area contributed by atoms with E-state index in [0.717, 1.165) is 71.5 Å². The molecule has 2 aromatic heterocycles. The minimum atomic E-state index is 0.757. The van der Waals surface area contributed by atoms with E-state index in [0.29, 0.717) is 0 Å². The highest BCUT2D eigenvalue weighted by Gasteiger charge is 2.20. The molecule has 4 heteroatoms. The van der Waals surface area contributed by atoms with Crippen molar-refractivity contribution >= 4 is 116 Å². The zero-order valence-electron chi connectivity index (χ0n) is 43.4. The van der Waals surface area contributed by atoms with Crippen molar-refractivity contribution in [3.8, 4) is 44.5 Å². The molecule has 0 atom stereocenters. The summed E-state index contributed by atoms with van der Waals surface area (Å²) < 4.78 is 12.8. The first-order valence-electron chi connectivity index (χ1n) is 27.1. The molecule has 0 saturated heterocycles. The maximum Gasteiger partial charge on any atom is 0.137 e. The summed E-state index contributed by atoms with van der Waals surface area (Å²) in [6.07, 6.45) is 0. The van der Waals surface area contributed by atoms with Gasteiger partial charge in [0.05, 0.1) is 0 Å². The Bertz CT molecular complexity index is 4890. The van der Waals surface area contributed by atoms with Crippen LogP contribution in [0.15, 0.2) is 300 Å². The molecule has 2 heterocycles. The summed E-state index contributed by atoms with van der Waals surface area (Å²) >= 11 is 6.14. The molecule has 0 fully saturated rings. The van der Waals surface area contributed by atoms with E-state index in [1.807, 2.05) is 36.4 Å². The van der Waals surface area contributed by atoms with Gasteiger partial charge in [-0.15, -0.1) is 0 Å². The van der Waals surface area contributed by atoms with Gasteiger partial charge in [0.15, 0.2) is 0 Å². The molecular weight excluding hydrogens is 994 g/mol. The lowest BCUT2D eigenvalue weighted by atomic mass is 9.88. The van der Waals surface area contributed by atoms with Gasteiger partial charge in [-0.3, -0.25) is 0 Å². The zero-order chi connectivity index (χ0) is 53.1. The van der Waals surface area contributed by atoms with Gasteiger partial charge in [-0.25, -0.2) is 0 Å². The molecule has 16 aromatic rings. The molecule has 16 rings (SSSR count). The largest absolute Gasteiger partial charge is 0.456 e. The van der Waals surface area contributed by atoms with E-state index in [9.17, 15) is 0 Å². The van der Waals surface area contributed by atoms with E-state index in [4.69, 9.17) is 20.4 Å². The Morgan fingerprint density at radius 2 is 0.600 bits per heavy atom. The minimum Gasteiger partial charge on any atom is -0.456 e. The van der Waals surface area contributed by atoms with E-state index >= 15 is 0 Å². The smallest absolute Gasteiger partial charge is 0.137 e. The summed E-state index contributed by atoms with van der Waals surface area (Å²) in [5.74, 6) is 0. The molecule has 80 heavy (non-hydrogen) atoms. The maximum atomic E-state index is 6.38. The molecule has 0 spiro atoms. The van der Waals surface area contributed by atoms with Crippen LogP contribution in [0.1, 0.15) is 0 Å². The van der Waals surface area contributed by atoms with Crippen LogP contribution in [-0.2, 0) is 0 Å². The van der Waals surface area contributed by atoms with E-state index in [1.165, 1.54) is 82.0 Å². The van der Waals surface area contributed by atoms with Crippen molar-refractivity contribution < 1.29 is 8.83 Å². The molecule has 14 aromatic carbocycles. The Morgan fingerprint density at radius 3 is 1.07 bits per heavy atom. The van der Waals surface area contributed by atoms with Crippen LogP contribution in [0.4, 0.5) is 17.1 Å². The third-order valence-electron chi connectivity index (χ3n) is 15.8. The molecule has 0 saturated carbocycles. The van der Waals surface area contributed by atoms with Gasteiger partial charge < -0.3 is 13.7 Å². The molecule has 376 valence electrons. The highest BCUT2D eigenvalue weighted by molar-refractivity contribution is 6.30. The van der Waals surface area contributed by atoms with Gasteiger partial charge in [0.2, 0.25) is 0 Å². The van der Waals surface area contributed by atoms with Gasteiger partial charge in [0.1, 0.15) is 22.3 Å². The Labute approximate surface area is 467 Å². The quantitative estimate of drug-likeness (QED) is 0.149. The molecule has 0 radical (unpaired) electrons. The second-order valence-corrected chi connectivity index (χ2v) is 20.9. The second-order valence-electron chi connectivity index (χ2n) is 20.4. The minimum absolute atomic E-state index is 0.757. The van der Waals surface area contributed by atoms with Crippen LogP contribution in [0, 0.1) is 0 Å². The first-order valence-corrected chi connectivity index (χ1v) is 27.4. The van der Waals surface area contributed by atoms with Crippen LogP contribution < -0.4 is 4.90 Å². The average molecular weight is 1040 g/mol. The predicted octanol–water partition coefficient (Wildman–Crippen LogP) is 22.6. The van der Waals surface area contributed by atoms with E-state index in [2.05, 4.69) is 260 Å². The number of anilines is 3. The lowest BCUT2D eigenvalue weighted by Gasteiger charge is -2.26. The Morgan fingerprint density at radius 1 is 0.237 bits per heavy atom. The standard InChI is InChI=1S/C50H31NO2.C26H17Cl/c1-2-11-32(12-3-1)39-17-10-18-44-38-14-5-4-13-34(38)29-45(50(39)44)33-21-23-35(24-22-33)51(36-25-27-42-40-15-6-8-19-46(40)52-48(42)30-36)37-26-28-43-41-16-7-9-20-47(41)53-49(43)31-37;27-21-15-13-19(14-16-21)25-17-20-9-4-5-10-22(20)24-12-6-11-23(26(24)25)18-7-2-1-3-8-18/h1-31H;1-17H. The topological polar surface area (TPSA) is 29.5 Å². The summed E-state index contributed by atoms with van der Waals surface area (Å²) in [7, 11) is 0. The van der Waals surface area contributed by atoms with Gasteiger partial charge in [-0.2, -0.15) is 0 Å². The van der Waals surface area contributed by atoms with Gasteiger partial charge in [0, 0.05) is 55.8 Å². The fourth-order valence-corrected chi connectivity index (χ4v) is 12.2. The molecule has 3 nitrogen and oxygen atoms in total. The fourth-order valence-electron chi connectivity index (χ4n) is 12.1. The second kappa shape index (κ2) is 19.7. The molecular formula is C76H48ClNO2. The number of hydrogen-bond donors (Lipinski definition) is 0. The molecule has 0 N–H and O–H groups in total. The molecule has 0 aliphatic carbocycles. The molecule has 0 aliphatic rings. The van der Waals surface area contributed by atoms with Crippen molar-refractivity contribution in [3.63, 3.8) is 0 Å². The molecule has 0 aliphatic heterocycles. The summed E-state index contributed by atoms with van der Waals surface area (Å²) in [5.41, 5.74) is 16.2. The van der Waals surface area contributed by atoms with Crippen molar-refractivity contribution in [3.05, 3.63) is 296 Å². The number of para-hydroxylation sites is 2. The normalized spacial score (nSPS) is 11.6. The van der Waals surface area contributed by atoms with Gasteiger partial charge in [0.25, 0.3) is 0 Å². The summed E-state index contributed by atoms with van der Waals surface area (Å²) in [6, 6.07) is 103. The third-order valence-corrected chi connectivity index (χ3v) is 16.0. The Kier molecular flexibility index (Phi) is 11.6. The van der Waals surface area contributed by atoms with Crippen LogP contribution in [0.25, 0.3) is 131 Å². The lowest BCUT2D eigenvalue weighted by Crippen LogP contribution is -2.09. The summed E-state index contributed by atoms with van der Waals surface area (Å²) in [6.45, 7) is 0. The van der Waals surface area contributed by atoms with Crippen molar-refractivity contribution in [1.29, 1.82) is 0 Å². The van der Waals surface area contributed by atoms with Gasteiger partial charge in [-0.1, -0.05) is 218 Å². The number of rotatable bonds is 7. The molecule has 0 amide bonds. The van der Waals surface area contributed by atoms with Crippen LogP contribution in [-0.4, -0.2) is 0 Å². The van der Waals surface area contributed by atoms with Crippen LogP contribution in [0.5, 0.6) is 0 Å². The zero-order valence-corrected chi connectivity index (χ0v) is 44.1. The van der Waals surface area contributed by atoms with Crippen molar-refractivity contribution in [2.45, 2.75) is 0 Å². The van der Waals surface area contributed by atoms with E-state index in [1.54, 1.807) is 0 Å². The highest BCUT2D eigenvalue weighted by Crippen LogP contribution is 2.45. The third kappa shape index (κ3) is 8.23.